The molecule has 1 N–H and O–H groups in total. The zero-order valence-corrected chi connectivity index (χ0v) is 18.6. The van der Waals surface area contributed by atoms with Crippen molar-refractivity contribution in [2.24, 2.45) is 0 Å². The van der Waals surface area contributed by atoms with Crippen molar-refractivity contribution in [3.05, 3.63) is 57.6 Å². The molecule has 0 aliphatic carbocycles. The van der Waals surface area contributed by atoms with Crippen LogP contribution in [0.5, 0.6) is 5.75 Å². The number of benzene rings is 1. The van der Waals surface area contributed by atoms with Gasteiger partial charge in [-0.15, -0.1) is 0 Å². The summed E-state index contributed by atoms with van der Waals surface area (Å²) in [6.07, 6.45) is 1.21. The Labute approximate surface area is 190 Å². The lowest BCUT2D eigenvalue weighted by molar-refractivity contribution is -0.143. The van der Waals surface area contributed by atoms with Crippen LogP contribution in [-0.2, 0) is 20.9 Å². The molecule has 0 unspecified atom stereocenters. The first-order chi connectivity index (χ1) is 15.4. The fourth-order valence-corrected chi connectivity index (χ4v) is 3.45. The Kier molecular flexibility index (Phi) is 8.52. The lowest BCUT2D eigenvalue weighted by Crippen LogP contribution is -2.46. The maximum atomic E-state index is 12.3. The highest BCUT2D eigenvalue weighted by atomic mass is 35.5. The zero-order valence-electron chi connectivity index (χ0n) is 17.8. The number of piperazine rings is 1. The van der Waals surface area contributed by atoms with Gasteiger partial charge in [-0.1, -0.05) is 17.7 Å². The lowest BCUT2D eigenvalue weighted by Gasteiger charge is -2.35. The molecule has 2 aromatic rings. The summed E-state index contributed by atoms with van der Waals surface area (Å²) >= 11 is 6.08. The van der Waals surface area contributed by atoms with Gasteiger partial charge in [0.15, 0.2) is 6.61 Å². The quantitative estimate of drug-likeness (QED) is 0.560. The van der Waals surface area contributed by atoms with Crippen molar-refractivity contribution in [3.8, 4) is 5.75 Å². The first-order valence-electron chi connectivity index (χ1n) is 10.3. The van der Waals surface area contributed by atoms with Gasteiger partial charge in [0.25, 0.3) is 5.91 Å². The van der Waals surface area contributed by atoms with E-state index in [-0.39, 0.29) is 24.3 Å². The predicted molar refractivity (Wildman–Crippen MR) is 119 cm³/mol. The number of nitrogens with one attached hydrogen (secondary N) is 1. The van der Waals surface area contributed by atoms with Crippen molar-refractivity contribution in [1.82, 2.24) is 10.2 Å². The molecule has 1 amide bonds. The lowest BCUT2D eigenvalue weighted by atomic mass is 10.2. The summed E-state index contributed by atoms with van der Waals surface area (Å²) in [5, 5.41) is 3.07. The molecule has 0 radical (unpaired) electrons. The summed E-state index contributed by atoms with van der Waals surface area (Å²) in [6, 6.07) is 9.15. The third-order valence-electron chi connectivity index (χ3n) is 4.87. The van der Waals surface area contributed by atoms with Crippen molar-refractivity contribution in [2.75, 3.05) is 50.8 Å². The molecule has 3 rings (SSSR count). The smallest absolute Gasteiger partial charge is 0.325 e. The van der Waals surface area contributed by atoms with Crippen molar-refractivity contribution < 1.29 is 23.5 Å². The van der Waals surface area contributed by atoms with Gasteiger partial charge in [0.05, 0.1) is 13.2 Å². The van der Waals surface area contributed by atoms with Gasteiger partial charge in [-0.3, -0.25) is 19.3 Å². The number of carbonyl (C=O) groups excluding carboxylic acids is 2. The van der Waals surface area contributed by atoms with Crippen molar-refractivity contribution >= 4 is 29.2 Å². The Morgan fingerprint density at radius 3 is 2.66 bits per heavy atom. The van der Waals surface area contributed by atoms with E-state index in [1.54, 1.807) is 6.92 Å². The Morgan fingerprint density at radius 1 is 1.19 bits per heavy atom. The van der Waals surface area contributed by atoms with Gasteiger partial charge in [0.2, 0.25) is 11.2 Å². The second-order valence-electron chi connectivity index (χ2n) is 7.19. The van der Waals surface area contributed by atoms with Gasteiger partial charge in [-0.05, 0) is 25.1 Å². The van der Waals surface area contributed by atoms with Crippen LogP contribution in [-0.4, -0.2) is 62.7 Å². The summed E-state index contributed by atoms with van der Waals surface area (Å²) in [7, 11) is 0. The molecule has 1 aromatic heterocycles. The van der Waals surface area contributed by atoms with Crippen LogP contribution in [0, 0.1) is 0 Å². The highest BCUT2D eigenvalue weighted by Crippen LogP contribution is 2.21. The molecule has 0 saturated carbocycles. The molecule has 0 spiro atoms. The molecule has 1 saturated heterocycles. The number of anilines is 1. The van der Waals surface area contributed by atoms with Gasteiger partial charge >= 0.3 is 5.97 Å². The second kappa shape index (κ2) is 11.5. The molecule has 0 bridgehead atoms. The Hall–Kier alpha value is -3.04. The summed E-state index contributed by atoms with van der Waals surface area (Å²) in [5.74, 6) is -0.631. The molecule has 1 aromatic carbocycles. The van der Waals surface area contributed by atoms with Crippen LogP contribution in [0.4, 0.5) is 5.69 Å². The Morgan fingerprint density at radius 2 is 1.97 bits per heavy atom. The number of nitrogens with zero attached hydrogens (tertiary/aromatic N) is 2. The maximum Gasteiger partial charge on any atom is 0.325 e. The minimum atomic E-state index is -0.543. The largest absolute Gasteiger partial charge is 0.477 e. The van der Waals surface area contributed by atoms with Gasteiger partial charge in [-0.25, -0.2) is 0 Å². The van der Waals surface area contributed by atoms with Crippen LogP contribution in [0.25, 0.3) is 0 Å². The van der Waals surface area contributed by atoms with Crippen LogP contribution in [0.15, 0.2) is 45.8 Å². The molecule has 2 heterocycles. The van der Waals surface area contributed by atoms with E-state index in [9.17, 15) is 14.4 Å². The standard InChI is InChI=1S/C22H26ClN3O6/c1-2-30-22(29)12-24-21(28)15-32-20-14-31-18(11-19(20)27)13-25-6-8-26(9-7-25)17-5-3-4-16(23)10-17/h3-5,10-11,14H,2,6-9,12-13,15H2,1H3,(H,24,28). The molecule has 1 aliphatic heterocycles. The van der Waals surface area contributed by atoms with Crippen LogP contribution < -0.4 is 20.4 Å². The average molecular weight is 464 g/mol. The minimum Gasteiger partial charge on any atom is -0.477 e. The number of carbonyl (C=O) groups is 2. The number of hydrogen-bond donors (Lipinski definition) is 1. The number of halogens is 1. The second-order valence-corrected chi connectivity index (χ2v) is 7.62. The topological polar surface area (TPSA) is 101 Å². The van der Waals surface area contributed by atoms with E-state index in [1.807, 2.05) is 24.3 Å². The molecule has 0 atom stereocenters. The molecular formula is C22H26ClN3O6. The SMILES string of the molecule is CCOC(=O)CNC(=O)COc1coc(CN2CCN(c3cccc(Cl)c3)CC2)cc1=O. The van der Waals surface area contributed by atoms with Gasteiger partial charge in [0.1, 0.15) is 18.6 Å². The fourth-order valence-electron chi connectivity index (χ4n) is 3.26. The van der Waals surface area contributed by atoms with E-state index in [2.05, 4.69) is 15.1 Å². The van der Waals surface area contributed by atoms with E-state index in [1.165, 1.54) is 12.3 Å². The number of amides is 1. The van der Waals surface area contributed by atoms with E-state index < -0.39 is 18.5 Å². The first kappa shape index (κ1) is 23.6. The molecule has 9 nitrogen and oxygen atoms in total. The normalized spacial score (nSPS) is 14.1. The Balaban J connectivity index is 1.45. The zero-order chi connectivity index (χ0) is 22.9. The number of esters is 1. The number of rotatable bonds is 9. The Bertz CT molecular complexity index is 988. The first-order valence-corrected chi connectivity index (χ1v) is 10.7. The van der Waals surface area contributed by atoms with Gasteiger partial charge < -0.3 is 24.1 Å². The third-order valence-corrected chi connectivity index (χ3v) is 5.11. The monoisotopic (exact) mass is 463 g/mol. The van der Waals surface area contributed by atoms with E-state index in [0.29, 0.717) is 17.3 Å². The van der Waals surface area contributed by atoms with Crippen molar-refractivity contribution in [2.45, 2.75) is 13.5 Å². The van der Waals surface area contributed by atoms with E-state index in [0.717, 1.165) is 31.9 Å². The van der Waals surface area contributed by atoms with E-state index >= 15 is 0 Å². The summed E-state index contributed by atoms with van der Waals surface area (Å²) in [5.41, 5.74) is 0.721. The van der Waals surface area contributed by atoms with Crippen LogP contribution in [0.3, 0.4) is 0 Å². The molecule has 1 aliphatic rings. The molecule has 32 heavy (non-hydrogen) atoms. The minimum absolute atomic E-state index is 0.0641. The highest BCUT2D eigenvalue weighted by molar-refractivity contribution is 6.30. The van der Waals surface area contributed by atoms with E-state index in [4.69, 9.17) is 25.5 Å². The number of hydrogen-bond acceptors (Lipinski definition) is 8. The summed E-state index contributed by atoms with van der Waals surface area (Å²) in [6.45, 7) is 5.05. The molecule has 172 valence electrons. The maximum absolute atomic E-state index is 12.3. The van der Waals surface area contributed by atoms with Crippen molar-refractivity contribution in [1.29, 1.82) is 0 Å². The fraction of sp³-hybridized carbons (Fsp3) is 0.409. The molecule has 1 fully saturated rings. The summed E-state index contributed by atoms with van der Waals surface area (Å²) in [4.78, 5) is 39.7. The van der Waals surface area contributed by atoms with Gasteiger partial charge in [0, 0.05) is 43.0 Å². The summed E-state index contributed by atoms with van der Waals surface area (Å²) < 4.78 is 15.4. The molecular weight excluding hydrogens is 438 g/mol. The highest BCUT2D eigenvalue weighted by Gasteiger charge is 2.19. The van der Waals surface area contributed by atoms with Crippen molar-refractivity contribution in [3.63, 3.8) is 0 Å². The van der Waals surface area contributed by atoms with Crippen LogP contribution in [0.1, 0.15) is 12.7 Å². The molecule has 10 heteroatoms. The van der Waals surface area contributed by atoms with Gasteiger partial charge in [-0.2, -0.15) is 0 Å². The average Bonchev–Trinajstić information content (AvgIpc) is 2.78. The third kappa shape index (κ3) is 7.00. The van der Waals surface area contributed by atoms with Crippen LogP contribution in [0.2, 0.25) is 5.02 Å². The van der Waals surface area contributed by atoms with Crippen LogP contribution >= 0.6 is 11.6 Å². The predicted octanol–water partition coefficient (Wildman–Crippen LogP) is 1.67. The number of ether oxygens (including phenoxy) is 2.